The molecule has 0 radical (unpaired) electrons. The SMILES string of the molecule is CCCCc1nc2c(n1Cc1ccc(-c3ccccc3-c3nnn[nH]3)cc1)C(C(=O)O)N(C(C)=O)CC2.[NaH].[NaH]. The number of imidazole rings is 1. The summed E-state index contributed by atoms with van der Waals surface area (Å²) in [7, 11) is 0. The predicted octanol–water partition coefficient (Wildman–Crippen LogP) is 2.35. The Kier molecular flexibility index (Phi) is 11.1. The normalized spacial score (nSPS) is 14.2. The van der Waals surface area contributed by atoms with E-state index in [0.717, 1.165) is 53.0 Å². The fourth-order valence-corrected chi connectivity index (χ4v) is 5.04. The number of tetrazole rings is 1. The average molecular weight is 548 g/mol. The van der Waals surface area contributed by atoms with Crippen LogP contribution < -0.4 is 0 Å². The minimum atomic E-state index is -1.04. The number of aliphatic carboxylic acids is 1. The number of aromatic amines is 1. The number of hydrogen-bond donors (Lipinski definition) is 2. The van der Waals surface area contributed by atoms with Gasteiger partial charge in [-0.1, -0.05) is 61.9 Å². The number of carbonyl (C=O) groups excluding carboxylic acids is 1. The minimum absolute atomic E-state index is 0. The van der Waals surface area contributed by atoms with Crippen molar-refractivity contribution >= 4 is 71.0 Å². The number of aryl methyl sites for hydroxylation is 1. The van der Waals surface area contributed by atoms with Crippen molar-refractivity contribution in [3.05, 3.63) is 71.3 Å². The molecule has 39 heavy (non-hydrogen) atoms. The summed E-state index contributed by atoms with van der Waals surface area (Å²) >= 11 is 0. The summed E-state index contributed by atoms with van der Waals surface area (Å²) in [4.78, 5) is 30.9. The zero-order valence-electron chi connectivity index (χ0n) is 20.9. The number of carboxylic acid groups (broad SMARTS) is 1. The molecule has 12 heteroatoms. The summed E-state index contributed by atoms with van der Waals surface area (Å²) in [6.07, 6.45) is 3.27. The second-order valence-electron chi connectivity index (χ2n) is 9.25. The zero-order chi connectivity index (χ0) is 25.9. The molecular formula is C27H31N7Na2O3. The topological polar surface area (TPSA) is 130 Å². The summed E-state index contributed by atoms with van der Waals surface area (Å²) < 4.78 is 2.02. The number of nitrogens with zero attached hydrogens (tertiary/aromatic N) is 6. The third-order valence-corrected chi connectivity index (χ3v) is 6.85. The van der Waals surface area contributed by atoms with Gasteiger partial charge in [0.2, 0.25) is 5.91 Å². The first kappa shape index (κ1) is 31.2. The molecule has 1 atom stereocenters. The van der Waals surface area contributed by atoms with Crippen LogP contribution in [0.4, 0.5) is 0 Å². The molecule has 10 nitrogen and oxygen atoms in total. The van der Waals surface area contributed by atoms with Gasteiger partial charge in [-0.3, -0.25) is 4.79 Å². The first-order chi connectivity index (χ1) is 18.0. The third kappa shape index (κ3) is 6.53. The second-order valence-corrected chi connectivity index (χ2v) is 9.25. The van der Waals surface area contributed by atoms with Crippen molar-refractivity contribution in [1.82, 2.24) is 35.1 Å². The van der Waals surface area contributed by atoms with Gasteiger partial charge in [0.05, 0.1) is 11.4 Å². The predicted molar refractivity (Wildman–Crippen MR) is 151 cm³/mol. The molecule has 2 N–H and O–H groups in total. The standard InChI is InChI=1S/C27H29N7O3.2Na.2H/c1-3-4-9-23-28-22-14-15-33(17(2)35)25(27(36)37)24(22)34(23)16-18-10-12-19(13-11-18)20-7-5-6-8-21(20)26-29-31-32-30-26;;;;/h5-8,10-13,25H,3-4,9,14-16H2,1-2H3,(H,36,37)(H,29,30,31,32);;;;. The van der Waals surface area contributed by atoms with Crippen LogP contribution in [0, 0.1) is 0 Å². The summed E-state index contributed by atoms with van der Waals surface area (Å²) in [6.45, 7) is 4.38. The van der Waals surface area contributed by atoms with E-state index in [9.17, 15) is 14.7 Å². The number of carbonyl (C=O) groups is 2. The number of amides is 1. The van der Waals surface area contributed by atoms with Crippen LogP contribution in [0.15, 0.2) is 48.5 Å². The molecule has 0 bridgehead atoms. The van der Waals surface area contributed by atoms with Crippen LogP contribution in [0.3, 0.4) is 0 Å². The van der Waals surface area contributed by atoms with E-state index < -0.39 is 12.0 Å². The van der Waals surface area contributed by atoms with Gasteiger partial charge in [0.25, 0.3) is 0 Å². The van der Waals surface area contributed by atoms with Crippen molar-refractivity contribution in [3.63, 3.8) is 0 Å². The summed E-state index contributed by atoms with van der Waals surface area (Å²) in [5.41, 5.74) is 5.33. The Bertz CT molecular complexity index is 1420. The van der Waals surface area contributed by atoms with E-state index in [0.29, 0.717) is 31.0 Å². The maximum absolute atomic E-state index is 12.3. The van der Waals surface area contributed by atoms with Gasteiger partial charge in [-0.25, -0.2) is 14.9 Å². The van der Waals surface area contributed by atoms with Crippen molar-refractivity contribution in [2.24, 2.45) is 0 Å². The van der Waals surface area contributed by atoms with E-state index in [2.05, 4.69) is 27.5 Å². The van der Waals surface area contributed by atoms with Crippen molar-refractivity contribution in [2.75, 3.05) is 6.54 Å². The van der Waals surface area contributed by atoms with Gasteiger partial charge in [0.1, 0.15) is 5.82 Å². The molecule has 1 aliphatic heterocycles. The first-order valence-electron chi connectivity index (χ1n) is 12.5. The van der Waals surface area contributed by atoms with Crippen LogP contribution in [-0.4, -0.2) is 118 Å². The molecule has 3 heterocycles. The van der Waals surface area contributed by atoms with Crippen LogP contribution in [0.2, 0.25) is 0 Å². The Labute approximate surface area is 271 Å². The fourth-order valence-electron chi connectivity index (χ4n) is 5.04. The molecule has 1 aliphatic rings. The molecule has 0 saturated carbocycles. The van der Waals surface area contributed by atoms with Crippen molar-refractivity contribution in [3.8, 4) is 22.5 Å². The van der Waals surface area contributed by atoms with Gasteiger partial charge in [0, 0.05) is 38.4 Å². The zero-order valence-corrected chi connectivity index (χ0v) is 20.9. The third-order valence-electron chi connectivity index (χ3n) is 6.85. The molecule has 194 valence electrons. The molecule has 0 saturated heterocycles. The van der Waals surface area contributed by atoms with Gasteiger partial charge in [-0.05, 0) is 33.5 Å². The van der Waals surface area contributed by atoms with Crippen LogP contribution in [-0.2, 0) is 29.0 Å². The Morgan fingerprint density at radius 1 is 1.08 bits per heavy atom. The van der Waals surface area contributed by atoms with Gasteiger partial charge < -0.3 is 14.6 Å². The number of fused-ring (bicyclic) bond motifs is 1. The van der Waals surface area contributed by atoms with E-state index in [1.54, 1.807) is 0 Å². The molecule has 1 amide bonds. The van der Waals surface area contributed by atoms with E-state index in [-0.39, 0.29) is 65.0 Å². The fraction of sp³-hybridized carbons (Fsp3) is 0.333. The van der Waals surface area contributed by atoms with E-state index in [1.807, 2.05) is 53.1 Å². The number of aromatic nitrogens is 6. The van der Waals surface area contributed by atoms with Gasteiger partial charge in [-0.2, -0.15) is 0 Å². The Morgan fingerprint density at radius 3 is 2.41 bits per heavy atom. The summed E-state index contributed by atoms with van der Waals surface area (Å²) in [5, 5.41) is 24.4. The summed E-state index contributed by atoms with van der Waals surface area (Å²) in [5.74, 6) is 0.190. The number of carboxylic acids is 1. The molecular weight excluding hydrogens is 516 g/mol. The quantitative estimate of drug-likeness (QED) is 0.324. The molecule has 4 aromatic rings. The van der Waals surface area contributed by atoms with Gasteiger partial charge in [0.15, 0.2) is 11.9 Å². The van der Waals surface area contributed by atoms with Crippen molar-refractivity contribution in [1.29, 1.82) is 0 Å². The molecule has 1 unspecified atom stereocenters. The Morgan fingerprint density at radius 2 is 1.79 bits per heavy atom. The first-order valence-corrected chi connectivity index (χ1v) is 12.5. The van der Waals surface area contributed by atoms with Crippen molar-refractivity contribution in [2.45, 2.75) is 52.1 Å². The molecule has 5 rings (SSSR count). The van der Waals surface area contributed by atoms with E-state index >= 15 is 0 Å². The number of benzene rings is 2. The second kappa shape index (κ2) is 13.8. The monoisotopic (exact) mass is 547 g/mol. The van der Waals surface area contributed by atoms with Crippen molar-refractivity contribution < 1.29 is 14.7 Å². The maximum atomic E-state index is 12.3. The molecule has 0 spiro atoms. The Hall–Kier alpha value is -2.34. The van der Waals surface area contributed by atoms with Crippen LogP contribution in [0.5, 0.6) is 0 Å². The molecule has 0 fully saturated rings. The Balaban J connectivity index is 0.00000210. The molecule has 0 aliphatic carbocycles. The van der Waals surface area contributed by atoms with E-state index in [1.165, 1.54) is 11.8 Å². The van der Waals surface area contributed by atoms with E-state index in [4.69, 9.17) is 4.98 Å². The van der Waals surface area contributed by atoms with Crippen LogP contribution >= 0.6 is 0 Å². The van der Waals surface area contributed by atoms with Crippen LogP contribution in [0.25, 0.3) is 22.5 Å². The van der Waals surface area contributed by atoms with Gasteiger partial charge >= 0.3 is 65.1 Å². The molecule has 2 aromatic heterocycles. The number of unbranched alkanes of at least 4 members (excludes halogenated alkanes) is 1. The van der Waals surface area contributed by atoms with Gasteiger partial charge in [-0.15, -0.1) is 5.10 Å². The average Bonchev–Trinajstić information content (AvgIpc) is 3.56. The number of H-pyrrole nitrogens is 1. The number of nitrogens with one attached hydrogen (secondary N) is 1. The van der Waals surface area contributed by atoms with Crippen LogP contribution in [0.1, 0.15) is 55.5 Å². The number of rotatable bonds is 8. The molecule has 2 aromatic carbocycles. The summed E-state index contributed by atoms with van der Waals surface area (Å²) in [6, 6.07) is 15.1. The number of hydrogen-bond acceptors (Lipinski definition) is 6.